The van der Waals surface area contributed by atoms with Crippen LogP contribution in [0.3, 0.4) is 0 Å². The molecule has 232 valence electrons. The average Bonchev–Trinajstić information content (AvgIpc) is 3.59. The van der Waals surface area contributed by atoms with Crippen LogP contribution in [0.4, 0.5) is 0 Å². The monoisotopic (exact) mass is 602 g/mol. The Kier molecular flexibility index (Phi) is 6.54. The minimum Gasteiger partial charge on any atom is -0.404 e. The van der Waals surface area contributed by atoms with E-state index < -0.39 is 14.1 Å². The van der Waals surface area contributed by atoms with Crippen molar-refractivity contribution >= 4 is 18.7 Å². The molecule has 6 fully saturated rings. The summed E-state index contributed by atoms with van der Waals surface area (Å²) in [5.74, 6) is 1.01. The molecule has 3 saturated heterocycles. The van der Waals surface area contributed by atoms with Gasteiger partial charge in [0.1, 0.15) is 6.10 Å². The van der Waals surface area contributed by atoms with Crippen LogP contribution in [0.5, 0.6) is 0 Å². The highest BCUT2D eigenvalue weighted by Gasteiger charge is 2.82. The molecule has 5 nitrogen and oxygen atoms in total. The van der Waals surface area contributed by atoms with Crippen LogP contribution in [0.25, 0.3) is 0 Å². The number of aliphatic hydroxyl groups is 1. The summed E-state index contributed by atoms with van der Waals surface area (Å²) in [5.41, 5.74) is -0.110. The highest BCUT2D eigenvalue weighted by Crippen LogP contribution is 2.74. The summed E-state index contributed by atoms with van der Waals surface area (Å²) in [6.07, 6.45) is 7.80. The molecule has 3 aliphatic heterocycles. The fraction of sp³-hybridized carbons (Fsp3) is 0.676. The maximum atomic E-state index is 11.0. The third kappa shape index (κ3) is 3.68. The maximum absolute atomic E-state index is 11.0. The van der Waals surface area contributed by atoms with Gasteiger partial charge in [-0.15, -0.1) is 0 Å². The van der Waals surface area contributed by atoms with E-state index in [1.54, 1.807) is 0 Å². The highest BCUT2D eigenvalue weighted by atomic mass is 28.4. The molecular formula is C37H50O5Si. The largest absolute Gasteiger partial charge is 0.404 e. The van der Waals surface area contributed by atoms with Gasteiger partial charge in [-0.05, 0) is 84.5 Å². The Bertz CT molecular complexity index is 1300. The van der Waals surface area contributed by atoms with Crippen LogP contribution in [-0.4, -0.2) is 50.4 Å². The molecular weight excluding hydrogens is 552 g/mol. The van der Waals surface area contributed by atoms with Crippen molar-refractivity contribution in [3.63, 3.8) is 0 Å². The Balaban J connectivity index is 1.10. The Morgan fingerprint density at radius 1 is 0.884 bits per heavy atom. The molecule has 3 saturated carbocycles. The van der Waals surface area contributed by atoms with Gasteiger partial charge in [-0.3, -0.25) is 0 Å². The van der Waals surface area contributed by atoms with Crippen molar-refractivity contribution in [2.24, 2.45) is 34.5 Å². The quantitative estimate of drug-likeness (QED) is 0.424. The lowest BCUT2D eigenvalue weighted by molar-refractivity contribution is -0.324. The van der Waals surface area contributed by atoms with Crippen molar-refractivity contribution in [2.45, 2.75) is 115 Å². The standard InChI is InChI=1S/C37H50O5Si/c1-24-31-32-33(39-24)41-37(40-32)30-17-16-25-22-26(18-20-35(25,5)29(30)19-21-36(31,37)23-38)42-43(34(2,3)4,27-12-8-6-9-13-27)28-14-10-7-11-15-28/h6-15,24-26,29-33,38H,16-23H2,1-5H3/t24-,25-,26-,29-,30+,31-,32-,33-,35-,36-,37-/m0/s1. The summed E-state index contributed by atoms with van der Waals surface area (Å²) in [6.45, 7) is 12.0. The van der Waals surface area contributed by atoms with Gasteiger partial charge in [0.25, 0.3) is 8.32 Å². The predicted octanol–water partition coefficient (Wildman–Crippen LogP) is 6.02. The molecule has 3 aliphatic carbocycles. The molecule has 0 amide bonds. The first kappa shape index (κ1) is 28.9. The normalized spacial score (nSPS) is 45.0. The molecule has 2 bridgehead atoms. The van der Waals surface area contributed by atoms with E-state index in [9.17, 15) is 5.11 Å². The van der Waals surface area contributed by atoms with Gasteiger partial charge < -0.3 is 23.7 Å². The molecule has 8 rings (SSSR count). The van der Waals surface area contributed by atoms with Gasteiger partial charge in [0, 0.05) is 17.9 Å². The van der Waals surface area contributed by atoms with Crippen LogP contribution < -0.4 is 10.4 Å². The number of hydrogen-bond donors (Lipinski definition) is 1. The molecule has 6 heteroatoms. The van der Waals surface area contributed by atoms with Crippen molar-refractivity contribution in [3.05, 3.63) is 60.7 Å². The highest BCUT2D eigenvalue weighted by molar-refractivity contribution is 6.99. The second-order valence-corrected chi connectivity index (χ2v) is 20.4. The Morgan fingerprint density at radius 3 is 2.19 bits per heavy atom. The number of hydrogen-bond acceptors (Lipinski definition) is 5. The summed E-state index contributed by atoms with van der Waals surface area (Å²) < 4.78 is 27.6. The van der Waals surface area contributed by atoms with E-state index in [2.05, 4.69) is 95.3 Å². The van der Waals surface area contributed by atoms with Gasteiger partial charge in [-0.2, -0.15) is 0 Å². The van der Waals surface area contributed by atoms with Crippen molar-refractivity contribution in [1.29, 1.82) is 0 Å². The topological polar surface area (TPSA) is 57.2 Å². The molecule has 2 aromatic carbocycles. The number of aliphatic hydroxyl groups excluding tert-OH is 1. The summed E-state index contributed by atoms with van der Waals surface area (Å²) in [4.78, 5) is 0. The van der Waals surface area contributed by atoms with Gasteiger partial charge in [-0.25, -0.2) is 0 Å². The van der Waals surface area contributed by atoms with E-state index >= 15 is 0 Å². The van der Waals surface area contributed by atoms with Crippen molar-refractivity contribution in [2.75, 3.05) is 6.61 Å². The lowest BCUT2D eigenvalue weighted by Gasteiger charge is -2.63. The van der Waals surface area contributed by atoms with E-state index in [1.807, 2.05) is 0 Å². The van der Waals surface area contributed by atoms with Gasteiger partial charge >= 0.3 is 0 Å². The molecule has 11 atom stereocenters. The van der Waals surface area contributed by atoms with Crippen LogP contribution in [-0.2, 0) is 18.6 Å². The van der Waals surface area contributed by atoms with E-state index in [-0.39, 0.29) is 53.0 Å². The minimum absolute atomic E-state index is 0.0149. The van der Waals surface area contributed by atoms with Crippen molar-refractivity contribution in [3.8, 4) is 0 Å². The molecule has 0 radical (unpaired) electrons. The first-order chi connectivity index (χ1) is 20.6. The van der Waals surface area contributed by atoms with Crippen LogP contribution in [0.15, 0.2) is 60.7 Å². The van der Waals surface area contributed by atoms with Gasteiger partial charge in [0.15, 0.2) is 12.1 Å². The van der Waals surface area contributed by atoms with E-state index in [0.717, 1.165) is 32.1 Å². The first-order valence-electron chi connectivity index (χ1n) is 17.0. The molecule has 43 heavy (non-hydrogen) atoms. The molecule has 3 heterocycles. The number of benzene rings is 2. The Labute approximate surface area is 258 Å². The molecule has 0 aromatic heterocycles. The zero-order chi connectivity index (χ0) is 29.8. The Morgan fingerprint density at radius 2 is 1.56 bits per heavy atom. The molecule has 0 unspecified atom stereocenters. The van der Waals surface area contributed by atoms with Crippen molar-refractivity contribution in [1.82, 2.24) is 0 Å². The second kappa shape index (κ2) is 9.73. The number of fused-ring (bicyclic) bond motifs is 4. The van der Waals surface area contributed by atoms with E-state index in [4.69, 9.17) is 18.6 Å². The third-order valence-electron chi connectivity index (χ3n) is 13.5. The fourth-order valence-corrected chi connectivity index (χ4v) is 16.4. The summed E-state index contributed by atoms with van der Waals surface area (Å²) in [6, 6.07) is 22.2. The predicted molar refractivity (Wildman–Crippen MR) is 169 cm³/mol. The van der Waals surface area contributed by atoms with Crippen LogP contribution in [0.2, 0.25) is 5.04 Å². The number of rotatable bonds is 5. The number of ether oxygens (including phenoxy) is 3. The van der Waals surface area contributed by atoms with Gasteiger partial charge in [0.2, 0.25) is 0 Å². The lowest BCUT2D eigenvalue weighted by Crippen LogP contribution is -2.69. The van der Waals surface area contributed by atoms with Gasteiger partial charge in [0.05, 0.1) is 18.1 Å². The minimum atomic E-state index is -2.59. The smallest absolute Gasteiger partial charge is 0.261 e. The summed E-state index contributed by atoms with van der Waals surface area (Å²) in [7, 11) is -2.59. The zero-order valence-corrected chi connectivity index (χ0v) is 27.6. The lowest BCUT2D eigenvalue weighted by atomic mass is 9.44. The van der Waals surface area contributed by atoms with Crippen LogP contribution >= 0.6 is 0 Å². The van der Waals surface area contributed by atoms with E-state index in [1.165, 1.54) is 23.2 Å². The SMILES string of the molecule is C[C@@H]1O[C@H]2O[C@]34O[C@H]2[C@H]1[C@@]3(CO)CC[C@H]1[C@H]4CC[C@H]2C[C@@H](O[Si](c3ccccc3)(c3ccccc3)C(C)(C)C)CC[C@@]21C. The van der Waals surface area contributed by atoms with Gasteiger partial charge in [-0.1, -0.05) is 88.4 Å². The molecule has 1 spiro atoms. The summed E-state index contributed by atoms with van der Waals surface area (Å²) in [5, 5.41) is 13.7. The fourth-order valence-electron chi connectivity index (χ4n) is 11.7. The van der Waals surface area contributed by atoms with Crippen molar-refractivity contribution < 1.29 is 23.7 Å². The second-order valence-electron chi connectivity index (χ2n) is 16.1. The Hall–Kier alpha value is -1.54. The first-order valence-corrected chi connectivity index (χ1v) is 18.9. The van der Waals surface area contributed by atoms with Crippen LogP contribution in [0, 0.1) is 34.5 Å². The molecule has 2 aromatic rings. The summed E-state index contributed by atoms with van der Waals surface area (Å²) >= 11 is 0. The molecule has 1 N–H and O–H groups in total. The zero-order valence-electron chi connectivity index (χ0n) is 26.6. The maximum Gasteiger partial charge on any atom is 0.261 e. The average molecular weight is 603 g/mol. The third-order valence-corrected chi connectivity index (χ3v) is 18.6. The van der Waals surface area contributed by atoms with E-state index in [0.29, 0.717) is 17.8 Å². The molecule has 6 aliphatic rings. The van der Waals surface area contributed by atoms with Crippen LogP contribution in [0.1, 0.15) is 79.6 Å².